The first-order chi connectivity index (χ1) is 6.26. The molecule has 0 fully saturated rings. The van der Waals surface area contributed by atoms with Crippen molar-refractivity contribution in [3.8, 4) is 0 Å². The molecule has 0 unspecified atom stereocenters. The molecule has 0 aliphatic heterocycles. The average molecular weight is 185 g/mol. The fourth-order valence-corrected chi connectivity index (χ4v) is 1.24. The second kappa shape index (κ2) is 7.77. The number of rotatable bonds is 7. The lowest BCUT2D eigenvalue weighted by atomic mass is 10.2. The van der Waals surface area contributed by atoms with E-state index in [1.54, 1.807) is 0 Å². The van der Waals surface area contributed by atoms with Gasteiger partial charge in [-0.05, 0) is 26.7 Å². The van der Waals surface area contributed by atoms with Crippen molar-refractivity contribution < 1.29 is 9.59 Å². The molecule has 0 radical (unpaired) electrons. The highest BCUT2D eigenvalue weighted by molar-refractivity contribution is 5.76. The van der Waals surface area contributed by atoms with Gasteiger partial charge in [-0.2, -0.15) is 0 Å². The Morgan fingerprint density at radius 1 is 1.23 bits per heavy atom. The first-order valence-electron chi connectivity index (χ1n) is 4.97. The quantitative estimate of drug-likeness (QED) is 0.446. The summed E-state index contributed by atoms with van der Waals surface area (Å²) in [6.45, 7) is 5.52. The molecule has 0 heterocycles. The standard InChI is InChI=1S/C10H19NO2/c1-3-11(4-2)10(13)8-6-5-7-9-12/h9H,3-8H2,1-2H3. The Labute approximate surface area is 80.1 Å². The Hall–Kier alpha value is -0.860. The molecule has 76 valence electrons. The first kappa shape index (κ1) is 12.1. The van der Waals surface area contributed by atoms with Crippen LogP contribution in [0.3, 0.4) is 0 Å². The number of unbranched alkanes of at least 4 members (excludes halogenated alkanes) is 2. The average Bonchev–Trinajstić information content (AvgIpc) is 2.14. The lowest BCUT2D eigenvalue weighted by Crippen LogP contribution is -2.30. The summed E-state index contributed by atoms with van der Waals surface area (Å²) in [5, 5.41) is 0. The molecule has 0 rings (SSSR count). The minimum Gasteiger partial charge on any atom is -0.343 e. The number of carbonyl (C=O) groups excluding carboxylic acids is 2. The van der Waals surface area contributed by atoms with Gasteiger partial charge in [-0.25, -0.2) is 0 Å². The van der Waals surface area contributed by atoms with Crippen LogP contribution in [0.4, 0.5) is 0 Å². The molecular weight excluding hydrogens is 166 g/mol. The molecule has 0 aromatic heterocycles. The maximum absolute atomic E-state index is 11.4. The highest BCUT2D eigenvalue weighted by Gasteiger charge is 2.07. The van der Waals surface area contributed by atoms with Crippen molar-refractivity contribution in [2.45, 2.75) is 39.5 Å². The molecular formula is C10H19NO2. The van der Waals surface area contributed by atoms with Gasteiger partial charge in [0, 0.05) is 25.9 Å². The van der Waals surface area contributed by atoms with Crippen LogP contribution >= 0.6 is 0 Å². The molecule has 0 aromatic carbocycles. The van der Waals surface area contributed by atoms with E-state index in [-0.39, 0.29) is 5.91 Å². The van der Waals surface area contributed by atoms with Crippen LogP contribution in [0.1, 0.15) is 39.5 Å². The van der Waals surface area contributed by atoms with Gasteiger partial charge in [0.1, 0.15) is 6.29 Å². The molecule has 0 saturated carbocycles. The van der Waals surface area contributed by atoms with E-state index in [2.05, 4.69) is 0 Å². The summed E-state index contributed by atoms with van der Waals surface area (Å²) < 4.78 is 0. The third kappa shape index (κ3) is 5.39. The van der Waals surface area contributed by atoms with Gasteiger partial charge in [0.2, 0.25) is 5.91 Å². The molecule has 0 spiro atoms. The maximum Gasteiger partial charge on any atom is 0.222 e. The molecule has 0 aromatic rings. The van der Waals surface area contributed by atoms with Crippen LogP contribution in [-0.2, 0) is 9.59 Å². The first-order valence-corrected chi connectivity index (χ1v) is 4.97. The second-order valence-electron chi connectivity index (χ2n) is 2.98. The van der Waals surface area contributed by atoms with Gasteiger partial charge in [-0.15, -0.1) is 0 Å². The van der Waals surface area contributed by atoms with Crippen molar-refractivity contribution in [2.24, 2.45) is 0 Å². The summed E-state index contributed by atoms with van der Waals surface area (Å²) >= 11 is 0. The number of carbonyl (C=O) groups is 2. The summed E-state index contributed by atoms with van der Waals surface area (Å²) in [6.07, 6.45) is 3.72. The van der Waals surface area contributed by atoms with Crippen molar-refractivity contribution in [1.29, 1.82) is 0 Å². The topological polar surface area (TPSA) is 37.4 Å². The fraction of sp³-hybridized carbons (Fsp3) is 0.800. The second-order valence-corrected chi connectivity index (χ2v) is 2.98. The van der Waals surface area contributed by atoms with Gasteiger partial charge in [-0.3, -0.25) is 4.79 Å². The third-order valence-electron chi connectivity index (χ3n) is 2.08. The molecule has 0 bridgehead atoms. The Balaban J connectivity index is 3.54. The largest absolute Gasteiger partial charge is 0.343 e. The van der Waals surface area contributed by atoms with E-state index in [0.717, 1.165) is 32.2 Å². The number of nitrogens with zero attached hydrogens (tertiary/aromatic N) is 1. The predicted octanol–water partition coefficient (Wildman–Crippen LogP) is 1.61. The SMILES string of the molecule is CCN(CC)C(=O)CCCCC=O. The summed E-state index contributed by atoms with van der Waals surface area (Å²) in [5.41, 5.74) is 0. The molecule has 0 saturated heterocycles. The number of amides is 1. The number of hydrogen-bond donors (Lipinski definition) is 0. The van der Waals surface area contributed by atoms with E-state index in [1.165, 1.54) is 0 Å². The van der Waals surface area contributed by atoms with Gasteiger partial charge < -0.3 is 9.69 Å². The van der Waals surface area contributed by atoms with Crippen LogP contribution in [0.15, 0.2) is 0 Å². The summed E-state index contributed by atoms with van der Waals surface area (Å²) in [6, 6.07) is 0. The van der Waals surface area contributed by atoms with Gasteiger partial charge in [0.15, 0.2) is 0 Å². The molecule has 1 amide bonds. The van der Waals surface area contributed by atoms with Crippen molar-refractivity contribution >= 4 is 12.2 Å². The van der Waals surface area contributed by atoms with Crippen molar-refractivity contribution in [3.05, 3.63) is 0 Å². The lowest BCUT2D eigenvalue weighted by molar-refractivity contribution is -0.131. The van der Waals surface area contributed by atoms with Gasteiger partial charge in [-0.1, -0.05) is 0 Å². The van der Waals surface area contributed by atoms with E-state index < -0.39 is 0 Å². The van der Waals surface area contributed by atoms with Crippen LogP contribution < -0.4 is 0 Å². The monoisotopic (exact) mass is 185 g/mol. The smallest absolute Gasteiger partial charge is 0.222 e. The van der Waals surface area contributed by atoms with Crippen molar-refractivity contribution in [3.63, 3.8) is 0 Å². The molecule has 3 nitrogen and oxygen atoms in total. The van der Waals surface area contributed by atoms with Gasteiger partial charge in [0.05, 0.1) is 0 Å². The van der Waals surface area contributed by atoms with E-state index in [4.69, 9.17) is 0 Å². The van der Waals surface area contributed by atoms with E-state index in [1.807, 2.05) is 18.7 Å². The minimum atomic E-state index is 0.205. The molecule has 0 atom stereocenters. The van der Waals surface area contributed by atoms with Crippen LogP contribution in [0.2, 0.25) is 0 Å². The normalized spacial score (nSPS) is 9.69. The zero-order chi connectivity index (χ0) is 10.1. The Morgan fingerprint density at radius 2 is 1.85 bits per heavy atom. The third-order valence-corrected chi connectivity index (χ3v) is 2.08. The molecule has 0 N–H and O–H groups in total. The Morgan fingerprint density at radius 3 is 2.31 bits per heavy atom. The zero-order valence-electron chi connectivity index (χ0n) is 8.58. The fourth-order valence-electron chi connectivity index (χ4n) is 1.24. The molecule has 13 heavy (non-hydrogen) atoms. The van der Waals surface area contributed by atoms with Crippen LogP contribution in [0.5, 0.6) is 0 Å². The van der Waals surface area contributed by atoms with Crippen molar-refractivity contribution in [2.75, 3.05) is 13.1 Å². The van der Waals surface area contributed by atoms with Gasteiger partial charge >= 0.3 is 0 Å². The zero-order valence-corrected chi connectivity index (χ0v) is 8.58. The lowest BCUT2D eigenvalue weighted by Gasteiger charge is -2.18. The van der Waals surface area contributed by atoms with E-state index in [0.29, 0.717) is 12.8 Å². The Bertz CT molecular complexity index is 153. The van der Waals surface area contributed by atoms with E-state index in [9.17, 15) is 9.59 Å². The van der Waals surface area contributed by atoms with Crippen molar-refractivity contribution in [1.82, 2.24) is 4.90 Å². The van der Waals surface area contributed by atoms with Gasteiger partial charge in [0.25, 0.3) is 0 Å². The van der Waals surface area contributed by atoms with Crippen LogP contribution in [0.25, 0.3) is 0 Å². The number of aldehydes is 1. The molecule has 3 heteroatoms. The van der Waals surface area contributed by atoms with Crippen LogP contribution in [-0.4, -0.2) is 30.2 Å². The molecule has 0 aliphatic rings. The highest BCUT2D eigenvalue weighted by Crippen LogP contribution is 2.02. The van der Waals surface area contributed by atoms with Crippen LogP contribution in [0, 0.1) is 0 Å². The predicted molar refractivity (Wildman–Crippen MR) is 52.5 cm³/mol. The summed E-state index contributed by atoms with van der Waals surface area (Å²) in [5.74, 6) is 0.205. The van der Waals surface area contributed by atoms with E-state index >= 15 is 0 Å². The Kier molecular flexibility index (Phi) is 7.26. The number of hydrogen-bond acceptors (Lipinski definition) is 2. The minimum absolute atomic E-state index is 0.205. The summed E-state index contributed by atoms with van der Waals surface area (Å²) in [7, 11) is 0. The molecule has 0 aliphatic carbocycles. The highest BCUT2D eigenvalue weighted by atomic mass is 16.2. The summed E-state index contributed by atoms with van der Waals surface area (Å²) in [4.78, 5) is 23.2. The maximum atomic E-state index is 11.4.